The van der Waals surface area contributed by atoms with Crippen LogP contribution in [0.1, 0.15) is 34.7 Å². The predicted molar refractivity (Wildman–Crippen MR) is 114 cm³/mol. The molecule has 0 aliphatic rings. The van der Waals surface area contributed by atoms with Crippen LogP contribution < -0.4 is 15.5 Å². The van der Waals surface area contributed by atoms with Gasteiger partial charge in [0.1, 0.15) is 5.69 Å². The fourth-order valence-electron chi connectivity index (χ4n) is 2.81. The number of rotatable bonds is 6. The van der Waals surface area contributed by atoms with Gasteiger partial charge >= 0.3 is 0 Å². The topological polar surface area (TPSA) is 70.2 Å². The zero-order chi connectivity index (χ0) is 20.1. The third-order valence-electron chi connectivity index (χ3n) is 4.37. The average molecular weight is 375 g/mol. The highest BCUT2D eigenvalue weighted by molar-refractivity contribution is 6.03. The molecule has 1 unspecified atom stereocenters. The summed E-state index contributed by atoms with van der Waals surface area (Å²) >= 11 is 0. The van der Waals surface area contributed by atoms with Gasteiger partial charge in [-0.3, -0.25) is 4.79 Å². The van der Waals surface area contributed by atoms with Crippen molar-refractivity contribution in [3.05, 3.63) is 77.6 Å². The van der Waals surface area contributed by atoms with Gasteiger partial charge in [0.15, 0.2) is 0 Å². The van der Waals surface area contributed by atoms with Crippen LogP contribution in [0.3, 0.4) is 0 Å². The zero-order valence-corrected chi connectivity index (χ0v) is 16.6. The Morgan fingerprint density at radius 3 is 2.32 bits per heavy atom. The van der Waals surface area contributed by atoms with Crippen molar-refractivity contribution in [2.45, 2.75) is 19.9 Å². The van der Waals surface area contributed by atoms with E-state index >= 15 is 0 Å². The molecule has 3 aromatic rings. The molecular weight excluding hydrogens is 350 g/mol. The molecule has 1 heterocycles. The largest absolute Gasteiger partial charge is 0.378 e. The molecule has 0 aliphatic heterocycles. The van der Waals surface area contributed by atoms with Gasteiger partial charge in [-0.25, -0.2) is 9.97 Å². The van der Waals surface area contributed by atoms with Gasteiger partial charge in [-0.05, 0) is 49.7 Å². The molecule has 6 heteroatoms. The van der Waals surface area contributed by atoms with E-state index in [0.29, 0.717) is 11.6 Å². The summed E-state index contributed by atoms with van der Waals surface area (Å²) in [6.07, 6.45) is 0. The number of carbonyl (C=O) groups is 1. The van der Waals surface area contributed by atoms with Crippen molar-refractivity contribution in [1.29, 1.82) is 0 Å². The molecule has 6 nitrogen and oxygen atoms in total. The normalized spacial score (nSPS) is 11.6. The third-order valence-corrected chi connectivity index (χ3v) is 4.37. The van der Waals surface area contributed by atoms with E-state index in [1.165, 1.54) is 0 Å². The van der Waals surface area contributed by atoms with Crippen LogP contribution in [0.2, 0.25) is 0 Å². The predicted octanol–water partition coefficient (Wildman–Crippen LogP) is 4.28. The number of benzene rings is 2. The molecular formula is C22H25N5O. The quantitative estimate of drug-likeness (QED) is 0.673. The number of aryl methyl sites for hydroxylation is 1. The Bertz CT molecular complexity index is 939. The van der Waals surface area contributed by atoms with E-state index in [9.17, 15) is 4.79 Å². The smallest absolute Gasteiger partial charge is 0.274 e. The minimum atomic E-state index is -0.265. The number of amides is 1. The SMILES string of the molecule is Cc1cc(C(=O)Nc2ccc(N(C)C)cc2)nc(NC(C)c2ccccc2)n1. The summed E-state index contributed by atoms with van der Waals surface area (Å²) in [4.78, 5) is 23.5. The van der Waals surface area contributed by atoms with Gasteiger partial charge in [0.05, 0.1) is 6.04 Å². The van der Waals surface area contributed by atoms with E-state index in [2.05, 4.69) is 20.6 Å². The van der Waals surface area contributed by atoms with Gasteiger partial charge < -0.3 is 15.5 Å². The maximum atomic E-state index is 12.7. The van der Waals surface area contributed by atoms with Crippen molar-refractivity contribution in [3.8, 4) is 0 Å². The summed E-state index contributed by atoms with van der Waals surface area (Å²) in [6.45, 7) is 3.88. The van der Waals surface area contributed by atoms with Crippen LogP contribution in [-0.2, 0) is 0 Å². The van der Waals surface area contributed by atoms with Gasteiger partial charge in [0.25, 0.3) is 5.91 Å². The first-order valence-electron chi connectivity index (χ1n) is 9.18. The minimum absolute atomic E-state index is 0.0255. The number of carbonyl (C=O) groups excluding carboxylic acids is 1. The fraction of sp³-hybridized carbons (Fsp3) is 0.227. The van der Waals surface area contributed by atoms with Crippen LogP contribution in [0.25, 0.3) is 0 Å². The number of hydrogen-bond donors (Lipinski definition) is 2. The van der Waals surface area contributed by atoms with E-state index in [0.717, 1.165) is 22.6 Å². The summed E-state index contributed by atoms with van der Waals surface area (Å²) in [5, 5.41) is 6.16. The van der Waals surface area contributed by atoms with Gasteiger partial charge in [-0.15, -0.1) is 0 Å². The Hall–Kier alpha value is -3.41. The molecule has 2 aromatic carbocycles. The van der Waals surface area contributed by atoms with Crippen LogP contribution in [0.15, 0.2) is 60.7 Å². The van der Waals surface area contributed by atoms with Gasteiger partial charge in [0, 0.05) is 31.2 Å². The minimum Gasteiger partial charge on any atom is -0.378 e. The van der Waals surface area contributed by atoms with Crippen LogP contribution in [-0.4, -0.2) is 30.0 Å². The molecule has 0 radical (unpaired) electrons. The molecule has 0 aliphatic carbocycles. The number of anilines is 3. The number of nitrogens with one attached hydrogen (secondary N) is 2. The maximum Gasteiger partial charge on any atom is 0.274 e. The zero-order valence-electron chi connectivity index (χ0n) is 16.6. The van der Waals surface area contributed by atoms with Gasteiger partial charge in [-0.2, -0.15) is 0 Å². The molecule has 1 aromatic heterocycles. The molecule has 0 saturated carbocycles. The van der Waals surface area contributed by atoms with Crippen molar-refractivity contribution < 1.29 is 4.79 Å². The Balaban J connectivity index is 1.74. The lowest BCUT2D eigenvalue weighted by atomic mass is 10.1. The Morgan fingerprint density at radius 2 is 1.68 bits per heavy atom. The Morgan fingerprint density at radius 1 is 1.00 bits per heavy atom. The van der Waals surface area contributed by atoms with Crippen LogP contribution in [0.4, 0.5) is 17.3 Å². The first-order valence-corrected chi connectivity index (χ1v) is 9.18. The highest BCUT2D eigenvalue weighted by Crippen LogP contribution is 2.19. The lowest BCUT2D eigenvalue weighted by molar-refractivity contribution is 0.102. The molecule has 144 valence electrons. The van der Waals surface area contributed by atoms with Gasteiger partial charge in [0.2, 0.25) is 5.95 Å². The molecule has 1 amide bonds. The molecule has 0 saturated heterocycles. The monoisotopic (exact) mass is 375 g/mol. The van der Waals surface area contributed by atoms with E-state index in [4.69, 9.17) is 0 Å². The second-order valence-corrected chi connectivity index (χ2v) is 6.89. The second-order valence-electron chi connectivity index (χ2n) is 6.89. The molecule has 3 rings (SSSR count). The van der Waals surface area contributed by atoms with Gasteiger partial charge in [-0.1, -0.05) is 30.3 Å². The summed E-state index contributed by atoms with van der Waals surface area (Å²) < 4.78 is 0. The van der Waals surface area contributed by atoms with E-state index in [1.54, 1.807) is 6.07 Å². The van der Waals surface area contributed by atoms with Crippen molar-refractivity contribution >= 4 is 23.2 Å². The Kier molecular flexibility index (Phi) is 5.89. The molecule has 1 atom stereocenters. The molecule has 0 fully saturated rings. The highest BCUT2D eigenvalue weighted by Gasteiger charge is 2.13. The fourth-order valence-corrected chi connectivity index (χ4v) is 2.81. The summed E-state index contributed by atoms with van der Waals surface area (Å²) in [5.74, 6) is 0.169. The van der Waals surface area contributed by atoms with Crippen molar-refractivity contribution in [1.82, 2.24) is 9.97 Å². The first kappa shape index (κ1) is 19.4. The summed E-state index contributed by atoms with van der Waals surface area (Å²) in [6, 6.07) is 19.4. The highest BCUT2D eigenvalue weighted by atomic mass is 16.1. The molecule has 0 bridgehead atoms. The van der Waals surface area contributed by atoms with Crippen LogP contribution in [0, 0.1) is 6.92 Å². The number of hydrogen-bond acceptors (Lipinski definition) is 5. The lowest BCUT2D eigenvalue weighted by Crippen LogP contribution is -2.17. The van der Waals surface area contributed by atoms with E-state index in [-0.39, 0.29) is 11.9 Å². The standard InChI is InChI=1S/C22H25N5O/c1-15-14-20(21(28)25-18-10-12-19(13-11-18)27(3)4)26-22(23-15)24-16(2)17-8-6-5-7-9-17/h5-14,16H,1-4H3,(H,25,28)(H,23,24,26). The van der Waals surface area contributed by atoms with Crippen LogP contribution >= 0.6 is 0 Å². The Labute approximate surface area is 165 Å². The number of nitrogens with zero attached hydrogens (tertiary/aromatic N) is 3. The molecule has 28 heavy (non-hydrogen) atoms. The number of aromatic nitrogens is 2. The van der Waals surface area contributed by atoms with Crippen molar-refractivity contribution in [3.63, 3.8) is 0 Å². The summed E-state index contributed by atoms with van der Waals surface area (Å²) in [5.41, 5.74) is 3.97. The molecule has 0 spiro atoms. The van der Waals surface area contributed by atoms with Crippen molar-refractivity contribution in [2.75, 3.05) is 29.6 Å². The lowest BCUT2D eigenvalue weighted by Gasteiger charge is -2.15. The van der Waals surface area contributed by atoms with Crippen molar-refractivity contribution in [2.24, 2.45) is 0 Å². The second kappa shape index (κ2) is 8.52. The first-order chi connectivity index (χ1) is 13.4. The van der Waals surface area contributed by atoms with E-state index in [1.807, 2.05) is 87.4 Å². The van der Waals surface area contributed by atoms with E-state index < -0.39 is 0 Å². The maximum absolute atomic E-state index is 12.7. The summed E-state index contributed by atoms with van der Waals surface area (Å²) in [7, 11) is 3.95. The van der Waals surface area contributed by atoms with Crippen LogP contribution in [0.5, 0.6) is 0 Å². The molecule has 2 N–H and O–H groups in total. The average Bonchev–Trinajstić information content (AvgIpc) is 2.68. The third kappa shape index (κ3) is 4.85.